The first kappa shape index (κ1) is 16.0. The van der Waals surface area contributed by atoms with Gasteiger partial charge in [0.1, 0.15) is 5.25 Å². The smallest absolute Gasteiger partial charge is 0.316 e. The molecule has 1 aromatic heterocycles. The number of hydrogen-bond donors (Lipinski definition) is 1. The van der Waals surface area contributed by atoms with Gasteiger partial charge in [0.15, 0.2) is 0 Å². The molecule has 0 bridgehead atoms. The number of nitrogens with zero attached hydrogens (tertiary/aromatic N) is 1. The molecular formula is C16H19NO2S2. The fraction of sp³-hybridized carbons (Fsp3) is 0.375. The molecule has 0 saturated heterocycles. The molecule has 1 atom stereocenters. The quantitative estimate of drug-likeness (QED) is 0.830. The molecule has 0 radical (unpaired) electrons. The lowest BCUT2D eigenvalue weighted by Crippen LogP contribution is -2.19. The van der Waals surface area contributed by atoms with Crippen molar-refractivity contribution >= 4 is 29.1 Å². The molecule has 1 aromatic carbocycles. The van der Waals surface area contributed by atoms with Gasteiger partial charge in [-0.15, -0.1) is 23.1 Å². The average molecular weight is 321 g/mol. The van der Waals surface area contributed by atoms with Crippen LogP contribution in [0.15, 0.2) is 35.7 Å². The largest absolute Gasteiger partial charge is 0.480 e. The highest BCUT2D eigenvalue weighted by atomic mass is 32.2. The first-order valence-electron chi connectivity index (χ1n) is 6.89. The number of carboxylic acids is 1. The summed E-state index contributed by atoms with van der Waals surface area (Å²) in [4.78, 5) is 16.0. The highest BCUT2D eigenvalue weighted by molar-refractivity contribution is 7.99. The van der Waals surface area contributed by atoms with E-state index in [2.05, 4.69) is 18.8 Å². The Kier molecular flexibility index (Phi) is 5.82. The molecule has 1 heterocycles. The molecule has 0 aliphatic carbocycles. The predicted octanol–water partition coefficient (Wildman–Crippen LogP) is 4.20. The predicted molar refractivity (Wildman–Crippen MR) is 89.1 cm³/mol. The number of rotatable bonds is 7. The lowest BCUT2D eigenvalue weighted by Gasteiger charge is -2.11. The fourth-order valence-electron chi connectivity index (χ4n) is 1.89. The molecule has 1 unspecified atom stereocenters. The SMILES string of the molecule is CC(C)c1nc(CSC(Cc2ccccc2)C(=O)O)cs1. The maximum Gasteiger partial charge on any atom is 0.316 e. The Bertz CT molecular complexity index is 581. The zero-order valence-electron chi connectivity index (χ0n) is 12.2. The van der Waals surface area contributed by atoms with Gasteiger partial charge in [0.25, 0.3) is 0 Å². The minimum absolute atomic E-state index is 0.424. The van der Waals surface area contributed by atoms with Crippen LogP contribution in [0.25, 0.3) is 0 Å². The number of hydrogen-bond acceptors (Lipinski definition) is 4. The maximum absolute atomic E-state index is 11.4. The van der Waals surface area contributed by atoms with Crippen molar-refractivity contribution in [2.75, 3.05) is 0 Å². The Morgan fingerprint density at radius 1 is 1.33 bits per heavy atom. The van der Waals surface area contributed by atoms with Gasteiger partial charge in [-0.3, -0.25) is 4.79 Å². The second kappa shape index (κ2) is 7.61. The first-order valence-corrected chi connectivity index (χ1v) is 8.81. The molecule has 0 amide bonds. The number of carbonyl (C=O) groups is 1. The van der Waals surface area contributed by atoms with Crippen molar-refractivity contribution in [3.05, 3.63) is 52.0 Å². The van der Waals surface area contributed by atoms with Crippen LogP contribution in [0, 0.1) is 0 Å². The standard InChI is InChI=1S/C16H19NO2S2/c1-11(2)15-17-13(10-21-15)9-20-14(16(18)19)8-12-6-4-3-5-7-12/h3-7,10-11,14H,8-9H2,1-2H3,(H,18,19). The van der Waals surface area contributed by atoms with Crippen molar-refractivity contribution < 1.29 is 9.90 Å². The van der Waals surface area contributed by atoms with Crippen LogP contribution in [0.2, 0.25) is 0 Å². The van der Waals surface area contributed by atoms with Crippen LogP contribution in [-0.2, 0) is 17.0 Å². The summed E-state index contributed by atoms with van der Waals surface area (Å²) in [6.07, 6.45) is 0.544. The van der Waals surface area contributed by atoms with E-state index >= 15 is 0 Å². The van der Waals surface area contributed by atoms with Crippen molar-refractivity contribution in [2.24, 2.45) is 0 Å². The first-order chi connectivity index (χ1) is 10.1. The highest BCUT2D eigenvalue weighted by Gasteiger charge is 2.19. The molecule has 3 nitrogen and oxygen atoms in total. The highest BCUT2D eigenvalue weighted by Crippen LogP contribution is 2.25. The van der Waals surface area contributed by atoms with Crippen molar-refractivity contribution in [3.8, 4) is 0 Å². The van der Waals surface area contributed by atoms with E-state index in [1.807, 2.05) is 35.7 Å². The molecular weight excluding hydrogens is 302 g/mol. The Hall–Kier alpha value is -1.33. The monoisotopic (exact) mass is 321 g/mol. The molecule has 1 N–H and O–H groups in total. The number of aliphatic carboxylic acids is 1. The van der Waals surface area contributed by atoms with Gasteiger partial charge < -0.3 is 5.11 Å². The number of thiazole rings is 1. The summed E-state index contributed by atoms with van der Waals surface area (Å²) in [5.74, 6) is 0.309. The van der Waals surface area contributed by atoms with Crippen LogP contribution in [0.5, 0.6) is 0 Å². The third kappa shape index (κ3) is 4.86. The summed E-state index contributed by atoms with van der Waals surface area (Å²) in [5, 5.41) is 12.1. The van der Waals surface area contributed by atoms with Gasteiger partial charge in [-0.2, -0.15) is 0 Å². The molecule has 2 aromatic rings. The van der Waals surface area contributed by atoms with Gasteiger partial charge in [-0.05, 0) is 12.0 Å². The average Bonchev–Trinajstić information content (AvgIpc) is 2.93. The van der Waals surface area contributed by atoms with Gasteiger partial charge in [-0.1, -0.05) is 44.2 Å². The van der Waals surface area contributed by atoms with E-state index in [0.717, 1.165) is 16.3 Å². The van der Waals surface area contributed by atoms with Gasteiger partial charge in [0.2, 0.25) is 0 Å². The Morgan fingerprint density at radius 2 is 2.05 bits per heavy atom. The molecule has 112 valence electrons. The van der Waals surface area contributed by atoms with E-state index in [0.29, 0.717) is 18.1 Å². The van der Waals surface area contributed by atoms with Crippen LogP contribution >= 0.6 is 23.1 Å². The normalized spacial score (nSPS) is 12.5. The molecule has 21 heavy (non-hydrogen) atoms. The molecule has 0 aliphatic rings. The second-order valence-corrected chi connectivity index (χ2v) is 7.24. The van der Waals surface area contributed by atoms with Crippen molar-refractivity contribution in [1.29, 1.82) is 0 Å². The van der Waals surface area contributed by atoms with Crippen LogP contribution in [0.1, 0.15) is 36.0 Å². The summed E-state index contributed by atoms with van der Waals surface area (Å²) in [6, 6.07) is 9.75. The fourth-order valence-corrected chi connectivity index (χ4v) is 3.80. The molecule has 0 aliphatic heterocycles. The van der Waals surface area contributed by atoms with Gasteiger partial charge >= 0.3 is 5.97 Å². The van der Waals surface area contributed by atoms with E-state index in [9.17, 15) is 9.90 Å². The lowest BCUT2D eigenvalue weighted by atomic mass is 10.1. The van der Waals surface area contributed by atoms with Crippen LogP contribution in [-0.4, -0.2) is 21.3 Å². The number of benzene rings is 1. The number of aromatic nitrogens is 1. The van der Waals surface area contributed by atoms with Crippen molar-refractivity contribution in [1.82, 2.24) is 4.98 Å². The van der Waals surface area contributed by atoms with E-state index in [4.69, 9.17) is 0 Å². The van der Waals surface area contributed by atoms with Gasteiger partial charge in [0.05, 0.1) is 10.7 Å². The van der Waals surface area contributed by atoms with Crippen LogP contribution in [0.3, 0.4) is 0 Å². The van der Waals surface area contributed by atoms with Gasteiger partial charge in [-0.25, -0.2) is 4.98 Å². The van der Waals surface area contributed by atoms with Crippen LogP contribution in [0.4, 0.5) is 0 Å². The number of thioether (sulfide) groups is 1. The molecule has 0 fully saturated rings. The third-order valence-electron chi connectivity index (χ3n) is 3.04. The van der Waals surface area contributed by atoms with E-state index < -0.39 is 11.2 Å². The van der Waals surface area contributed by atoms with Crippen LogP contribution < -0.4 is 0 Å². The van der Waals surface area contributed by atoms with E-state index in [-0.39, 0.29) is 0 Å². The Balaban J connectivity index is 1.95. The van der Waals surface area contributed by atoms with Gasteiger partial charge in [0, 0.05) is 17.1 Å². The summed E-state index contributed by atoms with van der Waals surface area (Å²) < 4.78 is 0. The lowest BCUT2D eigenvalue weighted by molar-refractivity contribution is -0.136. The Labute approximate surface area is 133 Å². The third-order valence-corrected chi connectivity index (χ3v) is 5.46. The zero-order valence-corrected chi connectivity index (χ0v) is 13.8. The Morgan fingerprint density at radius 3 is 2.62 bits per heavy atom. The topological polar surface area (TPSA) is 50.2 Å². The summed E-state index contributed by atoms with van der Waals surface area (Å²) in [7, 11) is 0. The summed E-state index contributed by atoms with van der Waals surface area (Å²) >= 11 is 3.10. The van der Waals surface area contributed by atoms with Crippen molar-refractivity contribution in [2.45, 2.75) is 37.2 Å². The molecule has 2 rings (SSSR count). The molecule has 5 heteroatoms. The van der Waals surface area contributed by atoms with E-state index in [1.54, 1.807) is 11.3 Å². The van der Waals surface area contributed by atoms with E-state index in [1.165, 1.54) is 11.8 Å². The maximum atomic E-state index is 11.4. The number of carboxylic acid groups (broad SMARTS) is 1. The zero-order chi connectivity index (χ0) is 15.2. The molecule has 0 saturated carbocycles. The molecule has 0 spiro atoms. The summed E-state index contributed by atoms with van der Waals surface area (Å²) in [6.45, 7) is 4.23. The minimum atomic E-state index is -0.761. The van der Waals surface area contributed by atoms with Crippen molar-refractivity contribution in [3.63, 3.8) is 0 Å². The summed E-state index contributed by atoms with van der Waals surface area (Å²) in [5.41, 5.74) is 2.03. The minimum Gasteiger partial charge on any atom is -0.480 e. The second-order valence-electron chi connectivity index (χ2n) is 5.16.